The Balaban J connectivity index is 1.34. The number of piperazine rings is 1. The van der Waals surface area contributed by atoms with Gasteiger partial charge in [-0.1, -0.05) is 18.2 Å². The minimum Gasteiger partial charge on any atom is -0.335 e. The molecule has 3 amide bonds. The Labute approximate surface area is 162 Å². The third-order valence-electron chi connectivity index (χ3n) is 4.62. The summed E-state index contributed by atoms with van der Waals surface area (Å²) in [5.74, 6) is -0.0745. The van der Waals surface area contributed by atoms with Gasteiger partial charge in [0.1, 0.15) is 0 Å². The second-order valence-corrected chi connectivity index (χ2v) is 6.46. The third-order valence-corrected chi connectivity index (χ3v) is 4.62. The first-order chi connectivity index (χ1) is 13.7. The predicted molar refractivity (Wildman–Crippen MR) is 104 cm³/mol. The minimum absolute atomic E-state index is 0.0745. The van der Waals surface area contributed by atoms with Crippen LogP contribution >= 0.6 is 0 Å². The summed E-state index contributed by atoms with van der Waals surface area (Å²) >= 11 is 0. The molecule has 28 heavy (non-hydrogen) atoms. The van der Waals surface area contributed by atoms with E-state index in [9.17, 15) is 9.59 Å². The molecule has 1 aromatic carbocycles. The van der Waals surface area contributed by atoms with E-state index < -0.39 is 0 Å². The van der Waals surface area contributed by atoms with Crippen LogP contribution < -0.4 is 5.32 Å². The van der Waals surface area contributed by atoms with Gasteiger partial charge in [-0.2, -0.15) is 5.10 Å². The molecule has 1 N–H and O–H groups in total. The van der Waals surface area contributed by atoms with Crippen LogP contribution in [0.25, 0.3) is 5.69 Å². The number of anilines is 1. The Morgan fingerprint density at radius 3 is 2.36 bits per heavy atom. The number of carbonyl (C=O) groups excluding carboxylic acids is 2. The maximum absolute atomic E-state index is 12.8. The summed E-state index contributed by atoms with van der Waals surface area (Å²) in [6, 6.07) is 13.0. The number of carbonyl (C=O) groups is 2. The lowest BCUT2D eigenvalue weighted by atomic mass is 10.2. The van der Waals surface area contributed by atoms with Crippen LogP contribution in [0.5, 0.6) is 0 Å². The van der Waals surface area contributed by atoms with E-state index in [2.05, 4.69) is 15.4 Å². The first-order valence-corrected chi connectivity index (χ1v) is 9.06. The smallest absolute Gasteiger partial charge is 0.322 e. The van der Waals surface area contributed by atoms with Crippen LogP contribution in [0.3, 0.4) is 0 Å². The molecule has 8 heteroatoms. The van der Waals surface area contributed by atoms with E-state index in [0.29, 0.717) is 37.4 Å². The number of nitrogens with zero attached hydrogens (tertiary/aromatic N) is 5. The van der Waals surface area contributed by atoms with Crippen LogP contribution in [0.4, 0.5) is 10.5 Å². The molecule has 1 fully saturated rings. The van der Waals surface area contributed by atoms with E-state index in [0.717, 1.165) is 5.69 Å². The molecule has 0 bridgehead atoms. The zero-order valence-electron chi connectivity index (χ0n) is 15.2. The molecular formula is C20H20N6O2. The fourth-order valence-corrected chi connectivity index (χ4v) is 3.09. The molecule has 0 radical (unpaired) electrons. The molecule has 0 atom stereocenters. The van der Waals surface area contributed by atoms with Crippen LogP contribution in [0.15, 0.2) is 67.3 Å². The summed E-state index contributed by atoms with van der Waals surface area (Å²) in [4.78, 5) is 32.5. The molecular weight excluding hydrogens is 356 g/mol. The summed E-state index contributed by atoms with van der Waals surface area (Å²) < 4.78 is 1.69. The van der Waals surface area contributed by atoms with Crippen molar-refractivity contribution in [2.75, 3.05) is 31.5 Å². The lowest BCUT2D eigenvalue weighted by molar-refractivity contribution is 0.0671. The highest BCUT2D eigenvalue weighted by molar-refractivity contribution is 5.94. The number of benzene rings is 1. The lowest BCUT2D eigenvalue weighted by Crippen LogP contribution is -2.51. The van der Waals surface area contributed by atoms with Gasteiger partial charge in [-0.3, -0.25) is 9.78 Å². The standard InChI is InChI=1S/C20H20N6O2/c27-19(16-13-22-26(15-16)18-6-2-1-3-7-18)24-9-11-25(12-10-24)20(28)23-17-5-4-8-21-14-17/h1-8,13-15H,9-12H2,(H,23,28). The second kappa shape index (κ2) is 7.91. The highest BCUT2D eigenvalue weighted by Gasteiger charge is 2.25. The van der Waals surface area contributed by atoms with E-state index in [-0.39, 0.29) is 11.9 Å². The molecule has 8 nitrogen and oxygen atoms in total. The van der Waals surface area contributed by atoms with Gasteiger partial charge in [-0.25, -0.2) is 9.48 Å². The second-order valence-electron chi connectivity index (χ2n) is 6.46. The molecule has 0 unspecified atom stereocenters. The third kappa shape index (κ3) is 3.85. The molecule has 3 aromatic rings. The Kier molecular flexibility index (Phi) is 5.01. The van der Waals surface area contributed by atoms with Gasteiger partial charge < -0.3 is 15.1 Å². The van der Waals surface area contributed by atoms with Crippen LogP contribution in [0.1, 0.15) is 10.4 Å². The topological polar surface area (TPSA) is 83.4 Å². The molecule has 0 aliphatic carbocycles. The van der Waals surface area contributed by atoms with Crippen LogP contribution in [0.2, 0.25) is 0 Å². The van der Waals surface area contributed by atoms with Crippen molar-refractivity contribution in [2.45, 2.75) is 0 Å². The molecule has 142 valence electrons. The number of urea groups is 1. The Hall–Kier alpha value is -3.68. The SMILES string of the molecule is O=C(Nc1cccnc1)N1CCN(C(=O)c2cnn(-c3ccccc3)c2)CC1. The van der Waals surface area contributed by atoms with E-state index in [1.807, 2.05) is 30.3 Å². The van der Waals surface area contributed by atoms with Gasteiger partial charge in [-0.15, -0.1) is 0 Å². The first kappa shape index (κ1) is 17.7. The maximum Gasteiger partial charge on any atom is 0.322 e. The van der Waals surface area contributed by atoms with Crippen molar-refractivity contribution in [3.05, 3.63) is 72.8 Å². The van der Waals surface area contributed by atoms with E-state index in [1.54, 1.807) is 51.4 Å². The maximum atomic E-state index is 12.8. The number of amides is 3. The van der Waals surface area contributed by atoms with Crippen molar-refractivity contribution in [3.8, 4) is 5.69 Å². The molecule has 3 heterocycles. The fraction of sp³-hybridized carbons (Fsp3) is 0.200. The zero-order chi connectivity index (χ0) is 19.3. The van der Waals surface area contributed by atoms with Crippen LogP contribution in [-0.4, -0.2) is 62.7 Å². The van der Waals surface area contributed by atoms with Crippen molar-refractivity contribution in [1.82, 2.24) is 24.6 Å². The van der Waals surface area contributed by atoms with Gasteiger partial charge in [0.2, 0.25) is 0 Å². The minimum atomic E-state index is -0.183. The molecule has 2 aromatic heterocycles. The number of hydrogen-bond donors (Lipinski definition) is 1. The monoisotopic (exact) mass is 376 g/mol. The van der Waals surface area contributed by atoms with Crippen molar-refractivity contribution in [1.29, 1.82) is 0 Å². The first-order valence-electron chi connectivity index (χ1n) is 9.06. The summed E-state index contributed by atoms with van der Waals surface area (Å²) in [6.45, 7) is 1.92. The van der Waals surface area contributed by atoms with Crippen LogP contribution in [-0.2, 0) is 0 Å². The molecule has 4 rings (SSSR count). The van der Waals surface area contributed by atoms with Crippen LogP contribution in [0, 0.1) is 0 Å². The Morgan fingerprint density at radius 2 is 1.64 bits per heavy atom. The van der Waals surface area contributed by atoms with Gasteiger partial charge in [-0.05, 0) is 24.3 Å². The lowest BCUT2D eigenvalue weighted by Gasteiger charge is -2.34. The summed E-state index contributed by atoms with van der Waals surface area (Å²) in [7, 11) is 0. The van der Waals surface area contributed by atoms with Crippen molar-refractivity contribution >= 4 is 17.6 Å². The summed E-state index contributed by atoms with van der Waals surface area (Å²) in [5.41, 5.74) is 2.09. The van der Waals surface area contributed by atoms with Gasteiger partial charge in [0.05, 0.1) is 29.3 Å². The summed E-state index contributed by atoms with van der Waals surface area (Å²) in [6.07, 6.45) is 6.57. The van der Waals surface area contributed by atoms with E-state index >= 15 is 0 Å². The van der Waals surface area contributed by atoms with Gasteiger partial charge in [0.25, 0.3) is 5.91 Å². The average molecular weight is 376 g/mol. The molecule has 1 aliphatic rings. The largest absolute Gasteiger partial charge is 0.335 e. The highest BCUT2D eigenvalue weighted by Crippen LogP contribution is 2.13. The highest BCUT2D eigenvalue weighted by atomic mass is 16.2. The number of aromatic nitrogens is 3. The molecule has 0 spiro atoms. The fourth-order valence-electron chi connectivity index (χ4n) is 3.09. The number of hydrogen-bond acceptors (Lipinski definition) is 4. The number of pyridine rings is 1. The molecule has 1 aliphatic heterocycles. The van der Waals surface area contributed by atoms with Crippen molar-refractivity contribution < 1.29 is 9.59 Å². The number of rotatable bonds is 3. The number of nitrogens with one attached hydrogen (secondary N) is 1. The number of para-hydroxylation sites is 1. The Morgan fingerprint density at radius 1 is 0.893 bits per heavy atom. The van der Waals surface area contributed by atoms with E-state index in [4.69, 9.17) is 0 Å². The van der Waals surface area contributed by atoms with Crippen molar-refractivity contribution in [2.24, 2.45) is 0 Å². The van der Waals surface area contributed by atoms with Gasteiger partial charge in [0.15, 0.2) is 0 Å². The molecule has 0 saturated carbocycles. The van der Waals surface area contributed by atoms with E-state index in [1.165, 1.54) is 0 Å². The van der Waals surface area contributed by atoms with Gasteiger partial charge >= 0.3 is 6.03 Å². The normalized spacial score (nSPS) is 14.0. The zero-order valence-corrected chi connectivity index (χ0v) is 15.2. The summed E-state index contributed by atoms with van der Waals surface area (Å²) in [5, 5.41) is 7.10. The van der Waals surface area contributed by atoms with Crippen molar-refractivity contribution in [3.63, 3.8) is 0 Å². The molecule has 1 saturated heterocycles. The predicted octanol–water partition coefficient (Wildman–Crippen LogP) is 2.26. The Bertz CT molecular complexity index is 949. The average Bonchev–Trinajstić information content (AvgIpc) is 3.25. The van der Waals surface area contributed by atoms with Gasteiger partial charge in [0, 0.05) is 38.6 Å². The quantitative estimate of drug-likeness (QED) is 0.760.